The molecule has 1 aliphatic heterocycles. The third kappa shape index (κ3) is 4.55. The van der Waals surface area contributed by atoms with Crippen molar-refractivity contribution in [1.29, 1.82) is 0 Å². The lowest BCUT2D eigenvalue weighted by Crippen LogP contribution is -2.51. The molecule has 31 heavy (non-hydrogen) atoms. The minimum Gasteiger partial charge on any atom is -0.465 e. The fourth-order valence-electron chi connectivity index (χ4n) is 3.99. The molecule has 2 heterocycles. The molecule has 1 atom stereocenters. The smallest absolute Gasteiger partial charge is 0.328 e. The van der Waals surface area contributed by atoms with E-state index >= 15 is 0 Å². The fraction of sp³-hybridized carbons (Fsp3) is 0.292. The van der Waals surface area contributed by atoms with Gasteiger partial charge in [0.1, 0.15) is 6.04 Å². The van der Waals surface area contributed by atoms with Crippen LogP contribution < -0.4 is 0 Å². The zero-order valence-corrected chi connectivity index (χ0v) is 18.1. The second kappa shape index (κ2) is 9.45. The number of ether oxygens (including phenoxy) is 1. The number of pyridine rings is 1. The van der Waals surface area contributed by atoms with E-state index in [0.29, 0.717) is 48.9 Å². The highest BCUT2D eigenvalue weighted by Crippen LogP contribution is 2.26. The van der Waals surface area contributed by atoms with Crippen LogP contribution in [0.3, 0.4) is 0 Å². The van der Waals surface area contributed by atoms with Gasteiger partial charge in [-0.25, -0.2) is 4.79 Å². The van der Waals surface area contributed by atoms with Crippen molar-refractivity contribution >= 4 is 34.4 Å². The lowest BCUT2D eigenvalue weighted by Gasteiger charge is -2.38. The SMILES string of the molecule is CCOC(=O)[C@@H](c1ccc(Cl)cc1)N1CCN(C(=O)c2cccc3cccnc23)CC1. The van der Waals surface area contributed by atoms with Gasteiger partial charge in [-0.1, -0.05) is 41.9 Å². The summed E-state index contributed by atoms with van der Waals surface area (Å²) in [6, 6.07) is 16.2. The van der Waals surface area contributed by atoms with E-state index in [1.165, 1.54) is 0 Å². The molecule has 3 aromatic rings. The number of rotatable bonds is 5. The van der Waals surface area contributed by atoms with Crippen LogP contribution in [0.1, 0.15) is 28.9 Å². The molecule has 1 fully saturated rings. The Kier molecular flexibility index (Phi) is 6.49. The number of nitrogens with zero attached hydrogens (tertiary/aromatic N) is 3. The molecule has 0 spiro atoms. The van der Waals surface area contributed by atoms with Gasteiger partial charge in [-0.15, -0.1) is 0 Å². The highest BCUT2D eigenvalue weighted by molar-refractivity contribution is 6.30. The van der Waals surface area contributed by atoms with Crippen molar-refractivity contribution < 1.29 is 14.3 Å². The molecule has 1 aliphatic rings. The number of para-hydroxylation sites is 1. The second-order valence-corrected chi connectivity index (χ2v) is 7.85. The molecule has 1 saturated heterocycles. The van der Waals surface area contributed by atoms with Gasteiger partial charge < -0.3 is 9.64 Å². The normalized spacial score (nSPS) is 15.6. The van der Waals surface area contributed by atoms with Gasteiger partial charge in [0.05, 0.1) is 17.7 Å². The van der Waals surface area contributed by atoms with Crippen LogP contribution in [-0.4, -0.2) is 59.4 Å². The van der Waals surface area contributed by atoms with Gasteiger partial charge in [-0.05, 0) is 36.8 Å². The molecule has 1 amide bonds. The monoisotopic (exact) mass is 437 g/mol. The minimum absolute atomic E-state index is 0.0388. The number of carbonyl (C=O) groups excluding carboxylic acids is 2. The lowest BCUT2D eigenvalue weighted by atomic mass is 10.0. The van der Waals surface area contributed by atoms with Crippen LogP contribution in [0, 0.1) is 0 Å². The standard InChI is InChI=1S/C24H24ClN3O3/c1-2-31-24(30)22(18-8-10-19(25)11-9-18)27-13-15-28(16-14-27)23(29)20-7-3-5-17-6-4-12-26-21(17)20/h3-12,22H,2,13-16H2,1H3/t22-/m1/s1. The molecule has 2 aromatic carbocycles. The number of amides is 1. The molecule has 7 heteroatoms. The molecule has 160 valence electrons. The molecule has 0 unspecified atom stereocenters. The van der Waals surface area contributed by atoms with Crippen LogP contribution >= 0.6 is 11.6 Å². The molecular weight excluding hydrogens is 414 g/mol. The number of halogens is 1. The summed E-state index contributed by atoms with van der Waals surface area (Å²) in [6.07, 6.45) is 1.70. The van der Waals surface area contributed by atoms with Crippen LogP contribution in [0.15, 0.2) is 60.8 Å². The van der Waals surface area contributed by atoms with E-state index in [4.69, 9.17) is 16.3 Å². The van der Waals surface area contributed by atoms with Crippen molar-refractivity contribution in [1.82, 2.24) is 14.8 Å². The van der Waals surface area contributed by atoms with Crippen LogP contribution in [0.5, 0.6) is 0 Å². The number of hydrogen-bond donors (Lipinski definition) is 0. The number of fused-ring (bicyclic) bond motifs is 1. The van der Waals surface area contributed by atoms with Crippen LogP contribution in [0.2, 0.25) is 5.02 Å². The number of esters is 1. The number of piperazine rings is 1. The molecule has 0 bridgehead atoms. The van der Waals surface area contributed by atoms with Gasteiger partial charge >= 0.3 is 5.97 Å². The Morgan fingerprint density at radius 2 is 1.74 bits per heavy atom. The first-order chi connectivity index (χ1) is 15.1. The Bertz CT molecular complexity index is 1070. The summed E-state index contributed by atoms with van der Waals surface area (Å²) in [5.74, 6) is -0.328. The summed E-state index contributed by atoms with van der Waals surface area (Å²) in [4.78, 5) is 34.2. The number of carbonyl (C=O) groups is 2. The maximum atomic E-state index is 13.2. The Labute approximate surface area is 186 Å². The van der Waals surface area contributed by atoms with E-state index in [1.807, 2.05) is 47.4 Å². The first-order valence-electron chi connectivity index (χ1n) is 10.4. The molecular formula is C24H24ClN3O3. The largest absolute Gasteiger partial charge is 0.465 e. The van der Waals surface area contributed by atoms with E-state index in [1.54, 1.807) is 25.3 Å². The fourth-order valence-corrected chi connectivity index (χ4v) is 4.12. The summed E-state index contributed by atoms with van der Waals surface area (Å²) >= 11 is 6.02. The highest BCUT2D eigenvalue weighted by Gasteiger charge is 2.33. The van der Waals surface area contributed by atoms with Crippen molar-refractivity contribution in [2.75, 3.05) is 32.8 Å². The molecule has 4 rings (SSSR count). The summed E-state index contributed by atoms with van der Waals surface area (Å²) in [5.41, 5.74) is 2.15. The first kappa shape index (κ1) is 21.3. The Hall–Kier alpha value is -2.96. The van der Waals surface area contributed by atoms with Gasteiger partial charge in [0.15, 0.2) is 0 Å². The zero-order valence-electron chi connectivity index (χ0n) is 17.3. The summed E-state index contributed by atoms with van der Waals surface area (Å²) in [7, 11) is 0. The van der Waals surface area contributed by atoms with Gasteiger partial charge in [0.25, 0.3) is 5.91 Å². The number of benzene rings is 2. The summed E-state index contributed by atoms with van der Waals surface area (Å²) < 4.78 is 5.33. The third-order valence-electron chi connectivity index (χ3n) is 5.53. The lowest BCUT2D eigenvalue weighted by molar-refractivity contribution is -0.150. The Morgan fingerprint density at radius 1 is 1.03 bits per heavy atom. The summed E-state index contributed by atoms with van der Waals surface area (Å²) in [6.45, 7) is 4.28. The molecule has 0 radical (unpaired) electrons. The van der Waals surface area contributed by atoms with Gasteiger partial charge in [-0.3, -0.25) is 14.7 Å². The van der Waals surface area contributed by atoms with E-state index in [0.717, 1.165) is 10.9 Å². The van der Waals surface area contributed by atoms with Crippen molar-refractivity contribution in [3.8, 4) is 0 Å². The van der Waals surface area contributed by atoms with E-state index in [2.05, 4.69) is 9.88 Å². The quantitative estimate of drug-likeness (QED) is 0.565. The maximum absolute atomic E-state index is 13.2. The topological polar surface area (TPSA) is 62.7 Å². The molecule has 0 saturated carbocycles. The van der Waals surface area contributed by atoms with E-state index in [9.17, 15) is 9.59 Å². The predicted octanol–water partition coefficient (Wildman–Crippen LogP) is 3.95. The zero-order chi connectivity index (χ0) is 21.8. The Morgan fingerprint density at radius 3 is 2.45 bits per heavy atom. The molecule has 1 aromatic heterocycles. The number of aromatic nitrogens is 1. The van der Waals surface area contributed by atoms with Gasteiger partial charge in [0.2, 0.25) is 0 Å². The van der Waals surface area contributed by atoms with Crippen molar-refractivity contribution in [3.05, 3.63) is 76.9 Å². The van der Waals surface area contributed by atoms with Gasteiger partial charge in [-0.2, -0.15) is 0 Å². The number of hydrogen-bond acceptors (Lipinski definition) is 5. The molecule has 0 aliphatic carbocycles. The Balaban J connectivity index is 1.51. The van der Waals surface area contributed by atoms with Crippen LogP contribution in [0.4, 0.5) is 0 Å². The van der Waals surface area contributed by atoms with Crippen molar-refractivity contribution in [2.45, 2.75) is 13.0 Å². The maximum Gasteiger partial charge on any atom is 0.328 e. The van der Waals surface area contributed by atoms with Gasteiger partial charge in [0, 0.05) is 42.8 Å². The van der Waals surface area contributed by atoms with Crippen molar-refractivity contribution in [2.24, 2.45) is 0 Å². The van der Waals surface area contributed by atoms with E-state index < -0.39 is 6.04 Å². The average molecular weight is 438 g/mol. The minimum atomic E-state index is -0.520. The highest BCUT2D eigenvalue weighted by atomic mass is 35.5. The van der Waals surface area contributed by atoms with Crippen molar-refractivity contribution in [3.63, 3.8) is 0 Å². The molecule has 6 nitrogen and oxygen atoms in total. The first-order valence-corrected chi connectivity index (χ1v) is 10.8. The molecule has 0 N–H and O–H groups in total. The van der Waals surface area contributed by atoms with Crippen LogP contribution in [-0.2, 0) is 9.53 Å². The van der Waals surface area contributed by atoms with Crippen LogP contribution in [0.25, 0.3) is 10.9 Å². The average Bonchev–Trinajstić information content (AvgIpc) is 2.80. The van der Waals surface area contributed by atoms with E-state index in [-0.39, 0.29) is 11.9 Å². The summed E-state index contributed by atoms with van der Waals surface area (Å²) in [5, 5.41) is 1.56. The second-order valence-electron chi connectivity index (χ2n) is 7.42. The third-order valence-corrected chi connectivity index (χ3v) is 5.78. The predicted molar refractivity (Wildman–Crippen MR) is 120 cm³/mol.